The second kappa shape index (κ2) is 6.15. The first-order chi connectivity index (χ1) is 10.3. The minimum absolute atomic E-state index is 0.0701. The molecule has 1 aliphatic heterocycles. The SMILES string of the molecule is CN1C(=O)COc2ccc(C(=O)CS(=O)(=O)CCC#N)cc21. The summed E-state index contributed by atoms with van der Waals surface area (Å²) in [7, 11) is -2.06. The van der Waals surface area contributed by atoms with Crippen LogP contribution in [0.5, 0.6) is 5.75 Å². The lowest BCUT2D eigenvalue weighted by molar-refractivity contribution is -0.120. The highest BCUT2D eigenvalue weighted by atomic mass is 32.2. The van der Waals surface area contributed by atoms with Crippen molar-refractivity contribution in [3.05, 3.63) is 23.8 Å². The molecular weight excluding hydrogens is 308 g/mol. The van der Waals surface area contributed by atoms with Crippen LogP contribution in [0.15, 0.2) is 18.2 Å². The molecule has 1 heterocycles. The number of ketones is 1. The maximum absolute atomic E-state index is 12.1. The molecule has 0 spiro atoms. The molecule has 0 aliphatic carbocycles. The highest BCUT2D eigenvalue weighted by molar-refractivity contribution is 7.92. The number of hydrogen-bond acceptors (Lipinski definition) is 6. The van der Waals surface area contributed by atoms with Gasteiger partial charge in [0.25, 0.3) is 5.91 Å². The van der Waals surface area contributed by atoms with E-state index in [1.807, 2.05) is 0 Å². The predicted molar refractivity (Wildman–Crippen MR) is 78.6 cm³/mol. The molecule has 0 fully saturated rings. The molecule has 1 amide bonds. The van der Waals surface area contributed by atoms with E-state index in [2.05, 4.69) is 0 Å². The molecule has 1 aromatic rings. The number of carbonyl (C=O) groups excluding carboxylic acids is 2. The van der Waals surface area contributed by atoms with E-state index in [1.54, 1.807) is 13.1 Å². The van der Waals surface area contributed by atoms with Crippen LogP contribution in [0.2, 0.25) is 0 Å². The van der Waals surface area contributed by atoms with Gasteiger partial charge in [-0.3, -0.25) is 9.59 Å². The number of hydrogen-bond donors (Lipinski definition) is 0. The normalized spacial score (nSPS) is 14.0. The number of anilines is 1. The van der Waals surface area contributed by atoms with Gasteiger partial charge in [-0.2, -0.15) is 5.26 Å². The molecule has 22 heavy (non-hydrogen) atoms. The Hall–Kier alpha value is -2.40. The van der Waals surface area contributed by atoms with E-state index in [9.17, 15) is 18.0 Å². The zero-order valence-electron chi connectivity index (χ0n) is 11.9. The average Bonchev–Trinajstić information content (AvgIpc) is 2.48. The molecule has 0 bridgehead atoms. The Morgan fingerprint density at radius 3 is 2.86 bits per heavy atom. The summed E-state index contributed by atoms with van der Waals surface area (Å²) in [5.74, 6) is -1.37. The second-order valence-corrected chi connectivity index (χ2v) is 7.03. The second-order valence-electron chi connectivity index (χ2n) is 4.85. The number of carbonyl (C=O) groups is 2. The molecule has 2 rings (SSSR count). The van der Waals surface area contributed by atoms with Gasteiger partial charge in [0.2, 0.25) is 0 Å². The smallest absolute Gasteiger partial charge is 0.264 e. The number of nitrogens with zero attached hydrogens (tertiary/aromatic N) is 2. The molecule has 0 aromatic heterocycles. The summed E-state index contributed by atoms with van der Waals surface area (Å²) in [6.07, 6.45) is -0.148. The molecule has 0 saturated carbocycles. The number of likely N-dealkylation sites (N-methyl/N-ethyl adjacent to an activating group) is 1. The Morgan fingerprint density at radius 2 is 2.18 bits per heavy atom. The lowest BCUT2D eigenvalue weighted by Gasteiger charge is -2.26. The van der Waals surface area contributed by atoms with Crippen molar-refractivity contribution in [1.29, 1.82) is 5.26 Å². The first kappa shape index (κ1) is 16.0. The Bertz CT molecular complexity index is 764. The summed E-state index contributed by atoms with van der Waals surface area (Å²) < 4.78 is 28.7. The standard InChI is InChI=1S/C14H14N2O5S/c1-16-11-7-10(3-4-13(11)21-8-14(16)18)12(17)9-22(19,20)6-2-5-15/h3-4,7H,2,6,8-9H2,1H3. The van der Waals surface area contributed by atoms with Crippen molar-refractivity contribution < 1.29 is 22.7 Å². The Kier molecular flexibility index (Phi) is 4.47. The van der Waals surface area contributed by atoms with Gasteiger partial charge in [0, 0.05) is 19.0 Å². The fraction of sp³-hybridized carbons (Fsp3) is 0.357. The summed E-state index contributed by atoms with van der Waals surface area (Å²) in [6.45, 7) is -0.0701. The van der Waals surface area contributed by atoms with Gasteiger partial charge in [0.05, 0.1) is 17.5 Å². The molecule has 7 nitrogen and oxygen atoms in total. The van der Waals surface area contributed by atoms with Crippen molar-refractivity contribution in [1.82, 2.24) is 0 Å². The van der Waals surface area contributed by atoms with Gasteiger partial charge < -0.3 is 9.64 Å². The van der Waals surface area contributed by atoms with Crippen molar-refractivity contribution in [2.24, 2.45) is 0 Å². The number of Topliss-reactive ketones (excluding diaryl/α,β-unsaturated/α-hetero) is 1. The van der Waals surface area contributed by atoms with E-state index in [0.29, 0.717) is 11.4 Å². The van der Waals surface area contributed by atoms with E-state index < -0.39 is 21.4 Å². The van der Waals surface area contributed by atoms with E-state index in [4.69, 9.17) is 10.00 Å². The molecule has 0 N–H and O–H groups in total. The van der Waals surface area contributed by atoms with Crippen LogP contribution in [0, 0.1) is 11.3 Å². The molecule has 0 unspecified atom stereocenters. The number of fused-ring (bicyclic) bond motifs is 1. The van der Waals surface area contributed by atoms with Crippen molar-refractivity contribution in [2.45, 2.75) is 6.42 Å². The van der Waals surface area contributed by atoms with Gasteiger partial charge in [0.1, 0.15) is 11.5 Å². The Balaban J connectivity index is 2.22. The van der Waals surface area contributed by atoms with Crippen LogP contribution in [0.3, 0.4) is 0 Å². The fourth-order valence-electron chi connectivity index (χ4n) is 2.00. The molecule has 1 aromatic carbocycles. The first-order valence-electron chi connectivity index (χ1n) is 6.48. The first-order valence-corrected chi connectivity index (χ1v) is 8.30. The lowest BCUT2D eigenvalue weighted by Crippen LogP contribution is -2.35. The van der Waals surface area contributed by atoms with Gasteiger partial charge in [-0.25, -0.2) is 8.42 Å². The van der Waals surface area contributed by atoms with Gasteiger partial charge in [0.15, 0.2) is 22.2 Å². The van der Waals surface area contributed by atoms with Crippen LogP contribution in [-0.2, 0) is 14.6 Å². The third-order valence-electron chi connectivity index (χ3n) is 3.24. The van der Waals surface area contributed by atoms with Crippen LogP contribution in [-0.4, -0.2) is 45.3 Å². The van der Waals surface area contributed by atoms with E-state index in [0.717, 1.165) is 0 Å². The van der Waals surface area contributed by atoms with Crippen LogP contribution in [0.25, 0.3) is 0 Å². The van der Waals surface area contributed by atoms with Gasteiger partial charge in [-0.05, 0) is 18.2 Å². The number of benzene rings is 1. The fourth-order valence-corrected chi connectivity index (χ4v) is 3.11. The topological polar surface area (TPSA) is 105 Å². The monoisotopic (exact) mass is 322 g/mol. The van der Waals surface area contributed by atoms with Crippen LogP contribution >= 0.6 is 0 Å². The number of amides is 1. The number of rotatable bonds is 5. The minimum Gasteiger partial charge on any atom is -0.482 e. The molecule has 1 aliphatic rings. The minimum atomic E-state index is -3.62. The lowest BCUT2D eigenvalue weighted by atomic mass is 10.1. The zero-order valence-corrected chi connectivity index (χ0v) is 12.7. The molecule has 8 heteroatoms. The third kappa shape index (κ3) is 3.43. The van der Waals surface area contributed by atoms with Crippen LogP contribution < -0.4 is 9.64 Å². The highest BCUT2D eigenvalue weighted by Crippen LogP contribution is 2.32. The maximum atomic E-state index is 12.1. The molecule has 0 atom stereocenters. The average molecular weight is 322 g/mol. The van der Waals surface area contributed by atoms with Crippen molar-refractivity contribution in [3.8, 4) is 11.8 Å². The van der Waals surface area contributed by atoms with Crippen molar-refractivity contribution >= 4 is 27.2 Å². The molecule has 116 valence electrons. The van der Waals surface area contributed by atoms with Crippen LogP contribution in [0.4, 0.5) is 5.69 Å². The van der Waals surface area contributed by atoms with Gasteiger partial charge in [-0.15, -0.1) is 0 Å². The summed E-state index contributed by atoms with van der Waals surface area (Å²) in [4.78, 5) is 25.0. The molecule has 0 radical (unpaired) electrons. The summed E-state index contributed by atoms with van der Waals surface area (Å²) in [6, 6.07) is 6.17. The Morgan fingerprint density at radius 1 is 1.45 bits per heavy atom. The zero-order chi connectivity index (χ0) is 16.3. The molecular formula is C14H14N2O5S. The predicted octanol–water partition coefficient (Wildman–Crippen LogP) is 0.553. The maximum Gasteiger partial charge on any atom is 0.264 e. The number of ether oxygens (including phenoxy) is 1. The van der Waals surface area contributed by atoms with Crippen molar-refractivity contribution in [3.63, 3.8) is 0 Å². The van der Waals surface area contributed by atoms with E-state index in [-0.39, 0.29) is 30.3 Å². The number of nitriles is 1. The van der Waals surface area contributed by atoms with E-state index in [1.165, 1.54) is 23.1 Å². The highest BCUT2D eigenvalue weighted by Gasteiger charge is 2.24. The van der Waals surface area contributed by atoms with E-state index >= 15 is 0 Å². The molecule has 0 saturated heterocycles. The Labute approximate surface area is 128 Å². The number of sulfone groups is 1. The quantitative estimate of drug-likeness (QED) is 0.733. The summed E-state index contributed by atoms with van der Waals surface area (Å²) in [5, 5.41) is 8.42. The van der Waals surface area contributed by atoms with Gasteiger partial charge in [-0.1, -0.05) is 0 Å². The van der Waals surface area contributed by atoms with Crippen LogP contribution in [0.1, 0.15) is 16.8 Å². The third-order valence-corrected chi connectivity index (χ3v) is 4.77. The largest absolute Gasteiger partial charge is 0.482 e. The van der Waals surface area contributed by atoms with Crippen molar-refractivity contribution in [2.75, 3.05) is 30.1 Å². The van der Waals surface area contributed by atoms with Gasteiger partial charge >= 0.3 is 0 Å². The summed E-state index contributed by atoms with van der Waals surface area (Å²) in [5.41, 5.74) is 0.612. The summed E-state index contributed by atoms with van der Waals surface area (Å²) >= 11 is 0.